The van der Waals surface area contributed by atoms with Crippen molar-refractivity contribution in [3.8, 4) is 0 Å². The number of nitrogens with zero attached hydrogens (tertiary/aromatic N) is 3. The molecule has 0 radical (unpaired) electrons. The van der Waals surface area contributed by atoms with Crippen molar-refractivity contribution < 1.29 is 28.2 Å². The maximum absolute atomic E-state index is 14.7. The van der Waals surface area contributed by atoms with E-state index in [0.29, 0.717) is 48.0 Å². The number of thioether (sulfide) groups is 1. The highest BCUT2D eigenvalue weighted by Gasteiger charge is 2.35. The number of amides is 2. The molecule has 4 aliphatic rings. The first kappa shape index (κ1) is 24.1. The van der Waals surface area contributed by atoms with Crippen molar-refractivity contribution in [2.24, 2.45) is 21.8 Å². The molecule has 4 rings (SSSR count). The minimum Gasteiger partial charge on any atom is -0.493 e. The van der Waals surface area contributed by atoms with Gasteiger partial charge < -0.3 is 19.1 Å². The van der Waals surface area contributed by atoms with Gasteiger partial charge in [0.25, 0.3) is 5.91 Å². The number of carbonyl (C=O) groups is 2. The maximum Gasteiger partial charge on any atom is 0.263 e. The second-order valence-corrected chi connectivity index (χ2v) is 9.89. The fraction of sp³-hybridized carbons (Fsp3) is 0.652. The van der Waals surface area contributed by atoms with E-state index in [1.54, 1.807) is 22.7 Å². The summed E-state index contributed by atoms with van der Waals surface area (Å²) in [6.45, 7) is 3.34. The Hall–Kier alpha value is -2.04. The Balaban J connectivity index is 1.31. The molecule has 33 heavy (non-hydrogen) atoms. The highest BCUT2D eigenvalue weighted by atomic mass is 32.2. The number of ether oxygens (including phenoxy) is 3. The van der Waals surface area contributed by atoms with Gasteiger partial charge in [-0.25, -0.2) is 9.38 Å². The number of piperidine rings is 1. The molecule has 180 valence electrons. The lowest BCUT2D eigenvalue weighted by Gasteiger charge is -2.32. The molecular formula is C23H30FN3O5S. The van der Waals surface area contributed by atoms with Crippen LogP contribution in [0.4, 0.5) is 4.39 Å². The Kier molecular flexibility index (Phi) is 8.32. The fourth-order valence-corrected chi connectivity index (χ4v) is 5.34. The molecule has 2 amide bonds. The zero-order valence-electron chi connectivity index (χ0n) is 18.8. The molecule has 8 nitrogen and oxygen atoms in total. The number of amidine groups is 1. The minimum atomic E-state index is -1.07. The molecule has 1 atom stereocenters. The van der Waals surface area contributed by atoms with Gasteiger partial charge in [-0.3, -0.25) is 9.59 Å². The smallest absolute Gasteiger partial charge is 0.263 e. The number of aliphatic imine (C=N–C) groups is 2. The second kappa shape index (κ2) is 11.4. The molecule has 0 aromatic rings. The van der Waals surface area contributed by atoms with E-state index in [9.17, 15) is 14.0 Å². The van der Waals surface area contributed by atoms with Gasteiger partial charge in [0.1, 0.15) is 29.9 Å². The van der Waals surface area contributed by atoms with Crippen molar-refractivity contribution in [2.45, 2.75) is 30.9 Å². The molecule has 0 aromatic heterocycles. The first-order valence-corrected chi connectivity index (χ1v) is 12.5. The lowest BCUT2D eigenvalue weighted by atomic mass is 9.94. The minimum absolute atomic E-state index is 0.00432. The van der Waals surface area contributed by atoms with E-state index < -0.39 is 17.7 Å². The number of hydrogen-bond donors (Lipinski definition) is 0. The Morgan fingerprint density at radius 1 is 1.21 bits per heavy atom. The largest absolute Gasteiger partial charge is 0.493 e. The molecule has 2 fully saturated rings. The number of allylic oxidation sites excluding steroid dienone is 2. The van der Waals surface area contributed by atoms with E-state index in [-0.39, 0.29) is 18.4 Å². The van der Waals surface area contributed by atoms with Crippen molar-refractivity contribution in [3.63, 3.8) is 0 Å². The summed E-state index contributed by atoms with van der Waals surface area (Å²) in [5.74, 6) is -0.583. The van der Waals surface area contributed by atoms with Gasteiger partial charge in [-0.2, -0.15) is 16.8 Å². The van der Waals surface area contributed by atoms with E-state index in [2.05, 4.69) is 9.98 Å². The molecule has 1 unspecified atom stereocenters. The predicted molar refractivity (Wildman–Crippen MR) is 124 cm³/mol. The molecule has 1 aliphatic carbocycles. The van der Waals surface area contributed by atoms with Crippen LogP contribution in [0.3, 0.4) is 0 Å². The van der Waals surface area contributed by atoms with E-state index in [4.69, 9.17) is 14.2 Å². The summed E-state index contributed by atoms with van der Waals surface area (Å²) in [7, 11) is 1.51. The molecule has 3 heterocycles. The van der Waals surface area contributed by atoms with Crippen LogP contribution in [0.2, 0.25) is 0 Å². The van der Waals surface area contributed by atoms with Gasteiger partial charge in [0.15, 0.2) is 0 Å². The number of fused-ring (bicyclic) bond motifs is 1. The van der Waals surface area contributed by atoms with Gasteiger partial charge in [0.05, 0.1) is 18.1 Å². The van der Waals surface area contributed by atoms with Crippen LogP contribution in [-0.2, 0) is 23.8 Å². The second-order valence-electron chi connectivity index (χ2n) is 8.60. The third-order valence-electron chi connectivity index (χ3n) is 6.22. The summed E-state index contributed by atoms with van der Waals surface area (Å²) in [6, 6.07) is 0. The van der Waals surface area contributed by atoms with Crippen molar-refractivity contribution >= 4 is 35.1 Å². The van der Waals surface area contributed by atoms with E-state index in [0.717, 1.165) is 38.9 Å². The summed E-state index contributed by atoms with van der Waals surface area (Å²) >= 11 is 1.71. The summed E-state index contributed by atoms with van der Waals surface area (Å²) in [5.41, 5.74) is 0.354. The highest BCUT2D eigenvalue weighted by molar-refractivity contribution is 8.00. The fourth-order valence-electron chi connectivity index (χ4n) is 4.30. The summed E-state index contributed by atoms with van der Waals surface area (Å²) in [5, 5.41) is 0.461. The van der Waals surface area contributed by atoms with Crippen LogP contribution in [0.15, 0.2) is 33.7 Å². The highest BCUT2D eigenvalue weighted by Crippen LogP contribution is 2.30. The SMILES string of the molecule is COCC(=O)N1CCC(COC2=CC3=NC(CSC4CCOCC4)=NC(=O)C3C(F)=C2)CC1. The average molecular weight is 480 g/mol. The average Bonchev–Trinajstić information content (AvgIpc) is 2.82. The number of methoxy groups -OCH3 is 1. The molecule has 0 aromatic carbocycles. The molecule has 3 aliphatic heterocycles. The van der Waals surface area contributed by atoms with Crippen molar-refractivity contribution in [2.75, 3.05) is 52.4 Å². The molecule has 10 heteroatoms. The number of rotatable bonds is 8. The number of hydrogen-bond acceptors (Lipinski definition) is 7. The van der Waals surface area contributed by atoms with E-state index in [1.807, 2.05) is 0 Å². The lowest BCUT2D eigenvalue weighted by molar-refractivity contribution is -0.136. The lowest BCUT2D eigenvalue weighted by Crippen LogP contribution is -2.41. The van der Waals surface area contributed by atoms with Crippen LogP contribution in [0.1, 0.15) is 25.7 Å². The van der Waals surface area contributed by atoms with Gasteiger partial charge in [0.2, 0.25) is 5.91 Å². The molecular weight excluding hydrogens is 449 g/mol. The first-order valence-electron chi connectivity index (χ1n) is 11.4. The quantitative estimate of drug-likeness (QED) is 0.532. The Bertz CT molecular complexity index is 873. The van der Waals surface area contributed by atoms with Gasteiger partial charge >= 0.3 is 0 Å². The number of halogens is 1. The Morgan fingerprint density at radius 3 is 2.70 bits per heavy atom. The van der Waals surface area contributed by atoms with Crippen LogP contribution in [0.25, 0.3) is 0 Å². The van der Waals surface area contributed by atoms with Crippen LogP contribution in [0.5, 0.6) is 0 Å². The molecule has 0 spiro atoms. The third kappa shape index (κ3) is 6.30. The molecule has 0 saturated carbocycles. The Labute approximate surface area is 197 Å². The van der Waals surface area contributed by atoms with Crippen molar-refractivity contribution in [1.82, 2.24) is 4.90 Å². The predicted octanol–water partition coefficient (Wildman–Crippen LogP) is 2.55. The van der Waals surface area contributed by atoms with Crippen LogP contribution >= 0.6 is 11.8 Å². The number of likely N-dealkylation sites (tertiary alicyclic amines) is 1. The monoisotopic (exact) mass is 479 g/mol. The molecule has 2 saturated heterocycles. The van der Waals surface area contributed by atoms with Crippen molar-refractivity contribution in [3.05, 3.63) is 23.7 Å². The van der Waals surface area contributed by atoms with Gasteiger partial charge in [-0.1, -0.05) is 0 Å². The van der Waals surface area contributed by atoms with Gasteiger partial charge in [0, 0.05) is 50.8 Å². The Morgan fingerprint density at radius 2 is 1.97 bits per heavy atom. The van der Waals surface area contributed by atoms with Crippen molar-refractivity contribution in [1.29, 1.82) is 0 Å². The molecule has 0 N–H and O–H groups in total. The van der Waals surface area contributed by atoms with E-state index in [1.165, 1.54) is 13.2 Å². The van der Waals surface area contributed by atoms with Crippen LogP contribution in [0, 0.1) is 11.8 Å². The summed E-state index contributed by atoms with van der Waals surface area (Å²) < 4.78 is 30.9. The van der Waals surface area contributed by atoms with Gasteiger partial charge in [-0.15, -0.1) is 0 Å². The molecule has 0 bridgehead atoms. The van der Waals surface area contributed by atoms with Crippen LogP contribution < -0.4 is 0 Å². The van der Waals surface area contributed by atoms with Gasteiger partial charge in [-0.05, 0) is 31.6 Å². The number of carbonyl (C=O) groups excluding carboxylic acids is 2. The topological polar surface area (TPSA) is 89.8 Å². The maximum atomic E-state index is 14.7. The zero-order valence-corrected chi connectivity index (χ0v) is 19.7. The normalized spacial score (nSPS) is 24.5. The van der Waals surface area contributed by atoms with E-state index >= 15 is 0 Å². The summed E-state index contributed by atoms with van der Waals surface area (Å²) in [6.07, 6.45) is 6.49. The van der Waals surface area contributed by atoms with Crippen LogP contribution in [-0.4, -0.2) is 85.9 Å². The third-order valence-corrected chi connectivity index (χ3v) is 7.59. The summed E-state index contributed by atoms with van der Waals surface area (Å²) in [4.78, 5) is 34.7. The first-order chi connectivity index (χ1) is 16.0. The zero-order chi connectivity index (χ0) is 23.2. The standard InChI is InChI=1S/C23H30FN3O5S/c1-30-13-21(28)27-6-2-15(3-7-27)12-32-16-10-18(24)22-19(11-16)25-20(26-23(22)29)14-33-17-4-8-31-9-5-17/h10-11,15,17,22H,2-9,12-14H2,1H3.